The maximum atomic E-state index is 12.5. The first kappa shape index (κ1) is 14.7. The van der Waals surface area contributed by atoms with Crippen LogP contribution in [0.3, 0.4) is 0 Å². The number of nitrogen functional groups attached to an aromatic ring is 1. The van der Waals surface area contributed by atoms with E-state index in [9.17, 15) is 4.79 Å². The summed E-state index contributed by atoms with van der Waals surface area (Å²) in [5.41, 5.74) is 8.76. The summed E-state index contributed by atoms with van der Waals surface area (Å²) in [6.45, 7) is 0. The molecule has 2 aliphatic rings. The van der Waals surface area contributed by atoms with Crippen LogP contribution in [-0.2, 0) is 10.2 Å². The van der Waals surface area contributed by atoms with E-state index in [1.54, 1.807) is 12.3 Å². The van der Waals surface area contributed by atoms with E-state index in [0.717, 1.165) is 42.5 Å². The zero-order valence-electron chi connectivity index (χ0n) is 13.2. The summed E-state index contributed by atoms with van der Waals surface area (Å²) in [5.74, 6) is -0.0914. The fourth-order valence-electron chi connectivity index (χ4n) is 4.01. The summed E-state index contributed by atoms with van der Waals surface area (Å²) < 4.78 is 1.32. The number of fused-ring (bicyclic) bond motifs is 2. The Balaban J connectivity index is 1.83. The standard InChI is InChI=1S/C18H19N5O/c19-15-12(4-3-9-23(15)17(20)21)11-5-6-13-14(10-11)22-16(24)18(13)7-1-2-8-18/h3-6,9-10,19H,1-2,7-8H2,(H3,20,21)(H,22,24). The van der Waals surface area contributed by atoms with Gasteiger partial charge in [0.2, 0.25) is 5.91 Å². The van der Waals surface area contributed by atoms with Crippen LogP contribution in [0.25, 0.3) is 11.1 Å². The van der Waals surface area contributed by atoms with Crippen LogP contribution in [-0.4, -0.2) is 16.4 Å². The Morgan fingerprint density at radius 3 is 2.71 bits per heavy atom. The molecule has 0 saturated heterocycles. The minimum Gasteiger partial charge on any atom is -0.369 e. The van der Waals surface area contributed by atoms with Gasteiger partial charge in [-0.2, -0.15) is 0 Å². The molecule has 1 amide bonds. The maximum Gasteiger partial charge on any atom is 0.235 e. The van der Waals surface area contributed by atoms with Crippen molar-refractivity contribution in [2.45, 2.75) is 31.1 Å². The molecule has 6 nitrogen and oxygen atoms in total. The molecule has 0 bridgehead atoms. The second-order valence-corrected chi connectivity index (χ2v) is 6.53. The Kier molecular flexibility index (Phi) is 3.09. The molecule has 1 aromatic carbocycles. The van der Waals surface area contributed by atoms with Gasteiger partial charge in [0.05, 0.1) is 5.41 Å². The normalized spacial score (nSPS) is 17.8. The number of nitrogens with two attached hydrogens (primary N) is 1. The van der Waals surface area contributed by atoms with Gasteiger partial charge in [-0.1, -0.05) is 25.0 Å². The third kappa shape index (κ3) is 1.92. The van der Waals surface area contributed by atoms with E-state index in [2.05, 4.69) is 5.32 Å². The van der Waals surface area contributed by atoms with E-state index < -0.39 is 0 Å². The number of amides is 1. The van der Waals surface area contributed by atoms with Gasteiger partial charge in [0.25, 0.3) is 0 Å². The Bertz CT molecular complexity index is 921. The highest BCUT2D eigenvalue weighted by molar-refractivity contribution is 6.07. The Hall–Kier alpha value is -2.89. The summed E-state index contributed by atoms with van der Waals surface area (Å²) in [7, 11) is 0. The summed E-state index contributed by atoms with van der Waals surface area (Å²) in [6, 6.07) is 9.48. The van der Waals surface area contributed by atoms with Gasteiger partial charge >= 0.3 is 0 Å². The highest BCUT2D eigenvalue weighted by atomic mass is 16.2. The highest BCUT2D eigenvalue weighted by Crippen LogP contribution is 2.49. The van der Waals surface area contributed by atoms with Gasteiger partial charge < -0.3 is 11.1 Å². The molecule has 1 aliphatic heterocycles. The SMILES string of the molecule is N=C(N)n1cccc(-c2ccc3c(c2)NC(=O)C32CCCC2)c1=N. The Morgan fingerprint density at radius 2 is 2.00 bits per heavy atom. The second-order valence-electron chi connectivity index (χ2n) is 6.53. The minimum atomic E-state index is -0.354. The van der Waals surface area contributed by atoms with E-state index >= 15 is 0 Å². The fourth-order valence-corrected chi connectivity index (χ4v) is 4.01. The van der Waals surface area contributed by atoms with Crippen LogP contribution in [0.15, 0.2) is 36.5 Å². The van der Waals surface area contributed by atoms with Crippen LogP contribution in [0.4, 0.5) is 5.69 Å². The molecule has 4 rings (SSSR count). The second kappa shape index (κ2) is 5.06. The van der Waals surface area contributed by atoms with Gasteiger partial charge in [0.1, 0.15) is 5.49 Å². The molecule has 24 heavy (non-hydrogen) atoms. The third-order valence-electron chi connectivity index (χ3n) is 5.24. The minimum absolute atomic E-state index is 0.102. The molecule has 5 N–H and O–H groups in total. The lowest BCUT2D eigenvalue weighted by Crippen LogP contribution is -2.32. The first-order chi connectivity index (χ1) is 11.5. The lowest BCUT2D eigenvalue weighted by molar-refractivity contribution is -0.120. The van der Waals surface area contributed by atoms with E-state index in [4.69, 9.17) is 16.6 Å². The smallest absolute Gasteiger partial charge is 0.235 e. The zero-order valence-corrected chi connectivity index (χ0v) is 13.2. The zero-order chi connectivity index (χ0) is 16.9. The van der Waals surface area contributed by atoms with E-state index in [1.807, 2.05) is 24.3 Å². The molecule has 0 atom stereocenters. The number of carbonyl (C=O) groups is 1. The molecule has 1 spiro atoms. The molecule has 1 aromatic heterocycles. The number of benzene rings is 1. The quantitative estimate of drug-likeness (QED) is 0.477. The Morgan fingerprint density at radius 1 is 1.25 bits per heavy atom. The van der Waals surface area contributed by atoms with Crippen molar-refractivity contribution in [1.82, 2.24) is 4.57 Å². The summed E-state index contributed by atoms with van der Waals surface area (Å²) in [4.78, 5) is 12.5. The molecule has 0 unspecified atom stereocenters. The molecular formula is C18H19N5O. The monoisotopic (exact) mass is 321 g/mol. The van der Waals surface area contributed by atoms with Crippen molar-refractivity contribution < 1.29 is 4.79 Å². The number of nitrogens with zero attached hydrogens (tertiary/aromatic N) is 1. The van der Waals surface area contributed by atoms with E-state index in [1.165, 1.54) is 4.57 Å². The first-order valence-electron chi connectivity index (χ1n) is 8.10. The molecule has 2 heterocycles. The fraction of sp³-hybridized carbons (Fsp3) is 0.278. The predicted octanol–water partition coefficient (Wildman–Crippen LogP) is 2.14. The van der Waals surface area contributed by atoms with Gasteiger partial charge in [0, 0.05) is 17.4 Å². The number of anilines is 1. The van der Waals surface area contributed by atoms with Crippen LogP contribution in [0, 0.1) is 10.8 Å². The van der Waals surface area contributed by atoms with Gasteiger partial charge in [-0.15, -0.1) is 0 Å². The molecule has 122 valence electrons. The number of rotatable bonds is 1. The average Bonchev–Trinajstić information content (AvgIpc) is 3.14. The largest absolute Gasteiger partial charge is 0.369 e. The molecule has 1 aliphatic carbocycles. The molecule has 1 fully saturated rings. The van der Waals surface area contributed by atoms with Gasteiger partial charge in [-0.05, 0) is 42.2 Å². The van der Waals surface area contributed by atoms with Crippen molar-refractivity contribution in [1.29, 1.82) is 10.8 Å². The maximum absolute atomic E-state index is 12.5. The van der Waals surface area contributed by atoms with Crippen molar-refractivity contribution in [3.05, 3.63) is 47.6 Å². The Labute approximate surface area is 139 Å². The lowest BCUT2D eigenvalue weighted by atomic mass is 9.80. The number of aromatic nitrogens is 1. The number of hydrogen-bond donors (Lipinski definition) is 4. The van der Waals surface area contributed by atoms with Crippen molar-refractivity contribution in [3.8, 4) is 11.1 Å². The van der Waals surface area contributed by atoms with Crippen molar-refractivity contribution in [2.24, 2.45) is 5.73 Å². The number of hydrogen-bond acceptors (Lipinski definition) is 3. The van der Waals surface area contributed by atoms with Gasteiger partial charge in [-0.25, -0.2) is 0 Å². The van der Waals surface area contributed by atoms with E-state index in [0.29, 0.717) is 5.56 Å². The number of carbonyl (C=O) groups excluding carboxylic acids is 1. The molecule has 0 radical (unpaired) electrons. The predicted molar refractivity (Wildman–Crippen MR) is 91.8 cm³/mol. The molecule has 1 saturated carbocycles. The van der Waals surface area contributed by atoms with Crippen LogP contribution >= 0.6 is 0 Å². The molecule has 2 aromatic rings. The van der Waals surface area contributed by atoms with Crippen LogP contribution in [0.2, 0.25) is 0 Å². The van der Waals surface area contributed by atoms with Crippen molar-refractivity contribution >= 4 is 17.6 Å². The molecular weight excluding hydrogens is 302 g/mol. The number of nitrogens with one attached hydrogen (secondary N) is 3. The van der Waals surface area contributed by atoms with Gasteiger partial charge in [-0.3, -0.25) is 20.2 Å². The van der Waals surface area contributed by atoms with Gasteiger partial charge in [0.15, 0.2) is 5.96 Å². The van der Waals surface area contributed by atoms with Crippen LogP contribution in [0.1, 0.15) is 31.2 Å². The average molecular weight is 321 g/mol. The third-order valence-corrected chi connectivity index (χ3v) is 5.24. The first-order valence-corrected chi connectivity index (χ1v) is 8.10. The molecule has 6 heteroatoms. The summed E-state index contributed by atoms with van der Waals surface area (Å²) in [5, 5.41) is 18.8. The lowest BCUT2D eigenvalue weighted by Gasteiger charge is -2.20. The van der Waals surface area contributed by atoms with Crippen molar-refractivity contribution in [3.63, 3.8) is 0 Å². The topological polar surface area (TPSA) is 108 Å². The van der Waals surface area contributed by atoms with Crippen molar-refractivity contribution in [2.75, 3.05) is 5.32 Å². The van der Waals surface area contributed by atoms with Crippen LogP contribution < -0.4 is 16.5 Å². The summed E-state index contributed by atoms with van der Waals surface area (Å²) >= 11 is 0. The number of pyridine rings is 1. The van der Waals surface area contributed by atoms with E-state index in [-0.39, 0.29) is 22.8 Å². The highest BCUT2D eigenvalue weighted by Gasteiger charge is 2.48. The van der Waals surface area contributed by atoms with Crippen LogP contribution in [0.5, 0.6) is 0 Å². The summed E-state index contributed by atoms with van der Waals surface area (Å²) in [6.07, 6.45) is 5.58.